The van der Waals surface area contributed by atoms with E-state index < -0.39 is 0 Å². The average molecular weight is 126 g/mol. The molecule has 0 rings (SSSR count). The fraction of sp³-hybridized carbons (Fsp3) is 0.571. The number of rotatable bonds is 3. The molecule has 0 saturated carbocycles. The van der Waals surface area contributed by atoms with Gasteiger partial charge >= 0.3 is 0 Å². The van der Waals surface area contributed by atoms with Crippen molar-refractivity contribution in [2.24, 2.45) is 10.7 Å². The number of nitrogens with zero attached hydrogens (tertiary/aromatic N) is 1. The molecule has 0 bridgehead atoms. The van der Waals surface area contributed by atoms with Crippen molar-refractivity contribution < 1.29 is 0 Å². The lowest BCUT2D eigenvalue weighted by Gasteiger charge is -1.91. The van der Waals surface area contributed by atoms with Crippen LogP contribution in [0, 0.1) is 0 Å². The fourth-order valence-electron chi connectivity index (χ4n) is 0.454. The highest BCUT2D eigenvalue weighted by Gasteiger charge is 1.82. The zero-order chi connectivity index (χ0) is 7.11. The van der Waals surface area contributed by atoms with Crippen LogP contribution in [-0.2, 0) is 0 Å². The predicted molar refractivity (Wildman–Crippen MR) is 41.8 cm³/mol. The van der Waals surface area contributed by atoms with Crippen molar-refractivity contribution in [1.29, 1.82) is 0 Å². The summed E-state index contributed by atoms with van der Waals surface area (Å²) in [6, 6.07) is 0. The molecule has 2 N–H and O–H groups in total. The first-order valence-electron chi connectivity index (χ1n) is 3.20. The molecule has 0 aliphatic heterocycles. The highest BCUT2D eigenvalue weighted by molar-refractivity contribution is 5.78. The van der Waals surface area contributed by atoms with E-state index >= 15 is 0 Å². The van der Waals surface area contributed by atoms with Crippen LogP contribution >= 0.6 is 0 Å². The monoisotopic (exact) mass is 126 g/mol. The summed E-state index contributed by atoms with van der Waals surface area (Å²) in [5.74, 6) is 0. The van der Waals surface area contributed by atoms with E-state index in [4.69, 9.17) is 5.73 Å². The van der Waals surface area contributed by atoms with Gasteiger partial charge in [-0.05, 0) is 19.4 Å². The highest BCUT2D eigenvalue weighted by Crippen LogP contribution is 1.84. The molecule has 0 atom stereocenters. The smallest absolute Gasteiger partial charge is 0.0361 e. The molecule has 0 aromatic rings. The Morgan fingerprint density at radius 3 is 2.67 bits per heavy atom. The van der Waals surface area contributed by atoms with E-state index in [2.05, 4.69) is 4.99 Å². The molecule has 0 amide bonds. The molecule has 0 fully saturated rings. The molecule has 0 radical (unpaired) electrons. The first-order valence-corrected chi connectivity index (χ1v) is 3.20. The fourth-order valence-corrected chi connectivity index (χ4v) is 0.454. The van der Waals surface area contributed by atoms with Crippen LogP contribution in [0.5, 0.6) is 0 Å². The van der Waals surface area contributed by atoms with Gasteiger partial charge < -0.3 is 5.73 Å². The molecule has 2 nitrogen and oxygen atoms in total. The van der Waals surface area contributed by atoms with Crippen LogP contribution in [0.2, 0.25) is 0 Å². The Morgan fingerprint density at radius 2 is 2.33 bits per heavy atom. The van der Waals surface area contributed by atoms with E-state index in [1.54, 1.807) is 0 Å². The van der Waals surface area contributed by atoms with E-state index in [0.717, 1.165) is 12.1 Å². The van der Waals surface area contributed by atoms with Crippen molar-refractivity contribution >= 4 is 6.21 Å². The summed E-state index contributed by atoms with van der Waals surface area (Å²) in [5.41, 5.74) is 6.46. The Morgan fingerprint density at radius 1 is 1.67 bits per heavy atom. The van der Waals surface area contributed by atoms with E-state index in [0.29, 0.717) is 6.54 Å². The van der Waals surface area contributed by atoms with Crippen LogP contribution in [0.1, 0.15) is 13.8 Å². The Labute approximate surface area is 56.5 Å². The zero-order valence-corrected chi connectivity index (χ0v) is 6.09. The molecule has 9 heavy (non-hydrogen) atoms. The lowest BCUT2D eigenvalue weighted by molar-refractivity contribution is 1.13. The van der Waals surface area contributed by atoms with Crippen LogP contribution in [0.15, 0.2) is 16.6 Å². The van der Waals surface area contributed by atoms with Gasteiger partial charge in [0.15, 0.2) is 0 Å². The number of nitrogens with two attached hydrogens (primary N) is 1. The molecular formula is C7H14N2. The van der Waals surface area contributed by atoms with Gasteiger partial charge in [-0.15, -0.1) is 0 Å². The Balaban J connectivity index is 3.70. The van der Waals surface area contributed by atoms with E-state index in [1.807, 2.05) is 26.1 Å². The van der Waals surface area contributed by atoms with Gasteiger partial charge in [0.1, 0.15) is 0 Å². The van der Waals surface area contributed by atoms with Gasteiger partial charge in [0.25, 0.3) is 0 Å². The van der Waals surface area contributed by atoms with Crippen LogP contribution in [0.4, 0.5) is 0 Å². The number of allylic oxidation sites excluding steroid dienone is 1. The van der Waals surface area contributed by atoms with Crippen molar-refractivity contribution in [1.82, 2.24) is 0 Å². The van der Waals surface area contributed by atoms with Crippen molar-refractivity contribution in [3.63, 3.8) is 0 Å². The summed E-state index contributed by atoms with van der Waals surface area (Å²) in [6.07, 6.45) is 3.79. The summed E-state index contributed by atoms with van der Waals surface area (Å²) in [5, 5.41) is 0. The van der Waals surface area contributed by atoms with Gasteiger partial charge in [-0.3, -0.25) is 4.99 Å². The lowest BCUT2D eigenvalue weighted by Crippen LogP contribution is -2.03. The summed E-state index contributed by atoms with van der Waals surface area (Å²) in [7, 11) is 0. The summed E-state index contributed by atoms with van der Waals surface area (Å²) in [4.78, 5) is 4.04. The molecule has 0 aliphatic rings. The van der Waals surface area contributed by atoms with Crippen LogP contribution in [-0.4, -0.2) is 19.3 Å². The first kappa shape index (κ1) is 8.37. The molecular weight excluding hydrogens is 112 g/mol. The molecule has 0 spiro atoms. The van der Waals surface area contributed by atoms with Crippen LogP contribution in [0.3, 0.4) is 0 Å². The number of hydrogen-bond donors (Lipinski definition) is 1. The zero-order valence-electron chi connectivity index (χ0n) is 6.09. The second kappa shape index (κ2) is 5.51. The van der Waals surface area contributed by atoms with Gasteiger partial charge in [-0.2, -0.15) is 0 Å². The maximum Gasteiger partial charge on any atom is 0.0361 e. The SMILES string of the molecule is C/C=C(\C=NCC)CN. The minimum Gasteiger partial charge on any atom is -0.326 e. The molecule has 0 aromatic carbocycles. The minimum absolute atomic E-state index is 0.583. The standard InChI is InChI=1S/C7H14N2/c1-3-7(5-8)6-9-4-2/h3,6H,4-5,8H2,1-2H3/b7-3-,9-6?. The van der Waals surface area contributed by atoms with Crippen molar-refractivity contribution in [2.45, 2.75) is 13.8 Å². The lowest BCUT2D eigenvalue weighted by atomic mass is 10.3. The van der Waals surface area contributed by atoms with E-state index in [9.17, 15) is 0 Å². The maximum atomic E-state index is 5.36. The Hall–Kier alpha value is -0.630. The molecule has 0 aliphatic carbocycles. The van der Waals surface area contributed by atoms with E-state index in [-0.39, 0.29) is 0 Å². The van der Waals surface area contributed by atoms with Crippen LogP contribution < -0.4 is 5.73 Å². The van der Waals surface area contributed by atoms with E-state index in [1.165, 1.54) is 0 Å². The van der Waals surface area contributed by atoms with Crippen molar-refractivity contribution in [2.75, 3.05) is 13.1 Å². The topological polar surface area (TPSA) is 38.4 Å². The van der Waals surface area contributed by atoms with Crippen LogP contribution in [0.25, 0.3) is 0 Å². The largest absolute Gasteiger partial charge is 0.326 e. The van der Waals surface area contributed by atoms with Gasteiger partial charge in [-0.1, -0.05) is 6.08 Å². The maximum absolute atomic E-state index is 5.36. The number of aliphatic imine (C=N–C) groups is 1. The minimum atomic E-state index is 0.583. The predicted octanol–water partition coefficient (Wildman–Crippen LogP) is 0.982. The quantitative estimate of drug-likeness (QED) is 0.562. The van der Waals surface area contributed by atoms with Gasteiger partial charge in [0.05, 0.1) is 0 Å². The molecule has 52 valence electrons. The molecule has 0 aromatic heterocycles. The molecule has 2 heteroatoms. The van der Waals surface area contributed by atoms with Gasteiger partial charge in [0.2, 0.25) is 0 Å². The second-order valence-corrected chi connectivity index (χ2v) is 1.70. The third kappa shape index (κ3) is 3.91. The summed E-state index contributed by atoms with van der Waals surface area (Å²) in [6.45, 7) is 5.38. The normalized spacial score (nSPS) is 13.0. The van der Waals surface area contributed by atoms with Gasteiger partial charge in [0, 0.05) is 19.3 Å². The second-order valence-electron chi connectivity index (χ2n) is 1.70. The summed E-state index contributed by atoms with van der Waals surface area (Å²) < 4.78 is 0. The molecule has 0 saturated heterocycles. The molecule has 0 heterocycles. The van der Waals surface area contributed by atoms with Crippen molar-refractivity contribution in [3.05, 3.63) is 11.6 Å². The third-order valence-corrected chi connectivity index (χ3v) is 1.05. The molecule has 0 unspecified atom stereocenters. The van der Waals surface area contributed by atoms with Crippen molar-refractivity contribution in [3.8, 4) is 0 Å². The summed E-state index contributed by atoms with van der Waals surface area (Å²) >= 11 is 0. The Kier molecular flexibility index (Phi) is 5.12. The highest BCUT2D eigenvalue weighted by atomic mass is 14.7. The number of hydrogen-bond acceptors (Lipinski definition) is 2. The first-order chi connectivity index (χ1) is 4.35. The Bertz CT molecular complexity index is 114. The van der Waals surface area contributed by atoms with Gasteiger partial charge in [-0.25, -0.2) is 0 Å². The average Bonchev–Trinajstić information content (AvgIpc) is 1.91. The third-order valence-electron chi connectivity index (χ3n) is 1.05.